The Labute approximate surface area is 127 Å². The third-order valence-electron chi connectivity index (χ3n) is 3.35. The molecule has 0 saturated carbocycles. The second-order valence-electron chi connectivity index (χ2n) is 4.85. The van der Waals surface area contributed by atoms with E-state index in [0.717, 1.165) is 22.6 Å². The zero-order valence-corrected chi connectivity index (χ0v) is 11.7. The van der Waals surface area contributed by atoms with Gasteiger partial charge in [-0.3, -0.25) is 4.98 Å². The van der Waals surface area contributed by atoms with Crippen LogP contribution in [0.5, 0.6) is 0 Å². The van der Waals surface area contributed by atoms with Crippen LogP contribution in [0.15, 0.2) is 73.1 Å². The fourth-order valence-electron chi connectivity index (χ4n) is 2.35. The number of anilines is 2. The standard InChI is InChI=1S/C17H13N5/c1-2-6-13(7-3-1)15-9-4-10-16-20-17(21-22(15)16)19-14-8-5-11-18-12-14/h1-12H,(H,19,21). The summed E-state index contributed by atoms with van der Waals surface area (Å²) in [4.78, 5) is 8.58. The monoisotopic (exact) mass is 287 g/mol. The fraction of sp³-hybridized carbons (Fsp3) is 0. The van der Waals surface area contributed by atoms with Crippen molar-refractivity contribution in [2.24, 2.45) is 0 Å². The third kappa shape index (κ3) is 2.29. The van der Waals surface area contributed by atoms with Gasteiger partial charge in [0.1, 0.15) is 0 Å². The highest BCUT2D eigenvalue weighted by Crippen LogP contribution is 2.21. The molecule has 4 aromatic rings. The van der Waals surface area contributed by atoms with E-state index in [0.29, 0.717) is 5.95 Å². The van der Waals surface area contributed by atoms with Crippen molar-refractivity contribution in [3.05, 3.63) is 73.1 Å². The minimum Gasteiger partial charge on any atom is -0.321 e. The summed E-state index contributed by atoms with van der Waals surface area (Å²) in [5, 5.41) is 7.72. The highest BCUT2D eigenvalue weighted by Gasteiger charge is 2.08. The molecule has 1 N–H and O–H groups in total. The van der Waals surface area contributed by atoms with E-state index in [1.807, 2.05) is 53.0 Å². The number of fused-ring (bicyclic) bond motifs is 1. The van der Waals surface area contributed by atoms with Crippen LogP contribution in [0.3, 0.4) is 0 Å². The molecule has 0 radical (unpaired) electrons. The summed E-state index contributed by atoms with van der Waals surface area (Å²) >= 11 is 0. The number of hydrogen-bond donors (Lipinski definition) is 1. The van der Waals surface area contributed by atoms with Crippen molar-refractivity contribution in [2.45, 2.75) is 0 Å². The molecule has 0 aliphatic heterocycles. The van der Waals surface area contributed by atoms with Crippen molar-refractivity contribution in [1.82, 2.24) is 19.6 Å². The molecular weight excluding hydrogens is 274 g/mol. The highest BCUT2D eigenvalue weighted by molar-refractivity contribution is 5.64. The van der Waals surface area contributed by atoms with Gasteiger partial charge in [-0.25, -0.2) is 4.52 Å². The Morgan fingerprint density at radius 3 is 2.59 bits per heavy atom. The summed E-state index contributed by atoms with van der Waals surface area (Å²) in [5.41, 5.74) is 3.77. The molecule has 0 saturated heterocycles. The molecule has 0 unspecified atom stereocenters. The quantitative estimate of drug-likeness (QED) is 0.626. The van der Waals surface area contributed by atoms with Crippen molar-refractivity contribution in [3.63, 3.8) is 0 Å². The summed E-state index contributed by atoms with van der Waals surface area (Å²) < 4.78 is 1.84. The van der Waals surface area contributed by atoms with Gasteiger partial charge in [-0.1, -0.05) is 36.4 Å². The lowest BCUT2D eigenvalue weighted by Crippen LogP contribution is -1.95. The molecule has 4 rings (SSSR count). The summed E-state index contributed by atoms with van der Waals surface area (Å²) in [6.45, 7) is 0. The maximum atomic E-state index is 4.55. The number of pyridine rings is 2. The molecule has 3 aromatic heterocycles. The van der Waals surface area contributed by atoms with Crippen LogP contribution in [0.25, 0.3) is 16.9 Å². The molecule has 106 valence electrons. The predicted octanol–water partition coefficient (Wildman–Crippen LogP) is 3.53. The minimum atomic E-state index is 0.552. The van der Waals surface area contributed by atoms with Crippen LogP contribution in [0.4, 0.5) is 11.6 Å². The molecule has 0 spiro atoms. The van der Waals surface area contributed by atoms with Crippen LogP contribution in [-0.2, 0) is 0 Å². The SMILES string of the molecule is c1ccc(-c2cccc3nc(Nc4cccnc4)nn23)cc1. The summed E-state index contributed by atoms with van der Waals surface area (Å²) in [7, 11) is 0. The Kier molecular flexibility index (Phi) is 3.01. The average Bonchev–Trinajstić information content (AvgIpc) is 2.99. The van der Waals surface area contributed by atoms with E-state index in [2.05, 4.69) is 32.5 Å². The molecule has 0 atom stereocenters. The molecule has 0 aliphatic carbocycles. The van der Waals surface area contributed by atoms with Crippen LogP contribution in [-0.4, -0.2) is 19.6 Å². The van der Waals surface area contributed by atoms with Gasteiger partial charge in [0.25, 0.3) is 0 Å². The van der Waals surface area contributed by atoms with E-state index in [1.54, 1.807) is 12.4 Å². The Balaban J connectivity index is 1.78. The zero-order chi connectivity index (χ0) is 14.8. The van der Waals surface area contributed by atoms with Crippen molar-refractivity contribution < 1.29 is 0 Å². The van der Waals surface area contributed by atoms with Gasteiger partial charge in [-0.15, -0.1) is 5.10 Å². The molecule has 0 bridgehead atoms. The number of aromatic nitrogens is 4. The summed E-state index contributed by atoms with van der Waals surface area (Å²) in [5.74, 6) is 0.552. The first-order valence-electron chi connectivity index (χ1n) is 6.98. The predicted molar refractivity (Wildman–Crippen MR) is 85.9 cm³/mol. The van der Waals surface area contributed by atoms with Gasteiger partial charge < -0.3 is 5.32 Å². The van der Waals surface area contributed by atoms with Crippen LogP contribution in [0.2, 0.25) is 0 Å². The minimum absolute atomic E-state index is 0.552. The average molecular weight is 287 g/mol. The molecule has 5 heteroatoms. The Hall–Kier alpha value is -3.21. The molecule has 0 fully saturated rings. The van der Waals surface area contributed by atoms with Crippen LogP contribution in [0, 0.1) is 0 Å². The molecule has 3 heterocycles. The highest BCUT2D eigenvalue weighted by atomic mass is 15.4. The number of nitrogens with one attached hydrogen (secondary N) is 1. The lowest BCUT2D eigenvalue weighted by Gasteiger charge is -2.03. The maximum absolute atomic E-state index is 4.55. The number of benzene rings is 1. The van der Waals surface area contributed by atoms with Crippen LogP contribution in [0.1, 0.15) is 0 Å². The normalized spacial score (nSPS) is 10.7. The first-order chi connectivity index (χ1) is 10.9. The maximum Gasteiger partial charge on any atom is 0.247 e. The zero-order valence-electron chi connectivity index (χ0n) is 11.7. The van der Waals surface area contributed by atoms with Crippen LogP contribution < -0.4 is 5.32 Å². The Bertz CT molecular complexity index is 900. The second kappa shape index (κ2) is 5.29. The van der Waals surface area contributed by atoms with Crippen molar-refractivity contribution in [3.8, 4) is 11.3 Å². The number of nitrogens with zero attached hydrogens (tertiary/aromatic N) is 4. The second-order valence-corrected chi connectivity index (χ2v) is 4.85. The summed E-state index contributed by atoms with van der Waals surface area (Å²) in [6.07, 6.45) is 3.47. The third-order valence-corrected chi connectivity index (χ3v) is 3.35. The van der Waals surface area contributed by atoms with Gasteiger partial charge in [-0.05, 0) is 24.3 Å². The van der Waals surface area contributed by atoms with E-state index in [-0.39, 0.29) is 0 Å². The molecule has 0 amide bonds. The topological polar surface area (TPSA) is 55.1 Å². The van der Waals surface area contributed by atoms with Crippen molar-refractivity contribution in [1.29, 1.82) is 0 Å². The summed E-state index contributed by atoms with van der Waals surface area (Å²) in [6, 6.07) is 19.9. The van der Waals surface area contributed by atoms with E-state index in [4.69, 9.17) is 0 Å². The van der Waals surface area contributed by atoms with E-state index in [1.165, 1.54) is 0 Å². The Morgan fingerprint density at radius 1 is 0.864 bits per heavy atom. The molecule has 0 aliphatic rings. The van der Waals surface area contributed by atoms with Gasteiger partial charge in [-0.2, -0.15) is 4.98 Å². The first kappa shape index (κ1) is 12.5. The van der Waals surface area contributed by atoms with Gasteiger partial charge in [0.05, 0.1) is 17.6 Å². The van der Waals surface area contributed by atoms with Gasteiger partial charge in [0.15, 0.2) is 5.65 Å². The molecular formula is C17H13N5. The first-order valence-corrected chi connectivity index (χ1v) is 6.98. The Morgan fingerprint density at radius 2 is 1.77 bits per heavy atom. The molecule has 22 heavy (non-hydrogen) atoms. The van der Waals surface area contributed by atoms with Crippen molar-refractivity contribution in [2.75, 3.05) is 5.32 Å². The lowest BCUT2D eigenvalue weighted by molar-refractivity contribution is 0.973. The fourth-order valence-corrected chi connectivity index (χ4v) is 2.35. The largest absolute Gasteiger partial charge is 0.321 e. The van der Waals surface area contributed by atoms with E-state index >= 15 is 0 Å². The number of hydrogen-bond acceptors (Lipinski definition) is 4. The number of rotatable bonds is 3. The van der Waals surface area contributed by atoms with Gasteiger partial charge >= 0.3 is 0 Å². The van der Waals surface area contributed by atoms with Gasteiger partial charge in [0, 0.05) is 11.8 Å². The van der Waals surface area contributed by atoms with E-state index in [9.17, 15) is 0 Å². The van der Waals surface area contributed by atoms with Crippen molar-refractivity contribution >= 4 is 17.3 Å². The smallest absolute Gasteiger partial charge is 0.247 e. The van der Waals surface area contributed by atoms with Gasteiger partial charge in [0.2, 0.25) is 5.95 Å². The molecule has 5 nitrogen and oxygen atoms in total. The van der Waals surface area contributed by atoms with Crippen LogP contribution >= 0.6 is 0 Å². The lowest BCUT2D eigenvalue weighted by atomic mass is 10.1. The molecule has 1 aromatic carbocycles. The van der Waals surface area contributed by atoms with E-state index < -0.39 is 0 Å².